The van der Waals surface area contributed by atoms with E-state index in [1.54, 1.807) is 12.3 Å². The second-order valence-electron chi connectivity index (χ2n) is 4.14. The predicted molar refractivity (Wildman–Crippen MR) is 71.5 cm³/mol. The molecule has 1 heterocycles. The average Bonchev–Trinajstić information content (AvgIpc) is 2.41. The topological polar surface area (TPSA) is 38.9 Å². The molecule has 3 rings (SSSR count). The largest absolute Gasteiger partial charge is 0.398 e. The summed E-state index contributed by atoms with van der Waals surface area (Å²) in [6, 6.07) is 14.0. The number of hydrogen-bond donors (Lipinski definition) is 1. The van der Waals surface area contributed by atoms with E-state index in [1.165, 1.54) is 12.1 Å². The lowest BCUT2D eigenvalue weighted by molar-refractivity contribution is 0.628. The van der Waals surface area contributed by atoms with Gasteiger partial charge in [0.05, 0.1) is 5.52 Å². The van der Waals surface area contributed by atoms with Gasteiger partial charge in [0.1, 0.15) is 5.82 Å². The summed E-state index contributed by atoms with van der Waals surface area (Å²) >= 11 is 0. The van der Waals surface area contributed by atoms with Gasteiger partial charge in [0.2, 0.25) is 0 Å². The molecule has 88 valence electrons. The summed E-state index contributed by atoms with van der Waals surface area (Å²) in [6.07, 6.45) is 1.75. The molecule has 1 aromatic heterocycles. The monoisotopic (exact) mass is 238 g/mol. The fraction of sp³-hybridized carbons (Fsp3) is 0. The first-order valence-electron chi connectivity index (χ1n) is 5.64. The number of nitrogens with two attached hydrogens (primary N) is 1. The summed E-state index contributed by atoms with van der Waals surface area (Å²) < 4.78 is 13.3. The van der Waals surface area contributed by atoms with Crippen LogP contribution in [0.3, 0.4) is 0 Å². The van der Waals surface area contributed by atoms with Crippen LogP contribution < -0.4 is 5.73 Å². The fourth-order valence-corrected chi connectivity index (χ4v) is 2.02. The van der Waals surface area contributed by atoms with Crippen molar-refractivity contribution in [2.45, 2.75) is 0 Å². The van der Waals surface area contributed by atoms with Crippen molar-refractivity contribution >= 4 is 16.6 Å². The van der Waals surface area contributed by atoms with Gasteiger partial charge in [-0.05, 0) is 42.0 Å². The third-order valence-electron chi connectivity index (χ3n) is 2.93. The highest BCUT2D eigenvalue weighted by Crippen LogP contribution is 2.28. The van der Waals surface area contributed by atoms with Crippen molar-refractivity contribution in [2.24, 2.45) is 0 Å². The molecular formula is C15H11FN2. The molecule has 0 aliphatic rings. The van der Waals surface area contributed by atoms with Crippen LogP contribution in [0.4, 0.5) is 10.1 Å². The maximum atomic E-state index is 13.3. The van der Waals surface area contributed by atoms with E-state index in [0.717, 1.165) is 16.5 Å². The highest BCUT2D eigenvalue weighted by Gasteiger charge is 2.05. The lowest BCUT2D eigenvalue weighted by Crippen LogP contribution is -1.91. The van der Waals surface area contributed by atoms with Crippen LogP contribution in [0.15, 0.2) is 54.7 Å². The lowest BCUT2D eigenvalue weighted by Gasteiger charge is -2.07. The average molecular weight is 238 g/mol. The van der Waals surface area contributed by atoms with Crippen molar-refractivity contribution in [3.63, 3.8) is 0 Å². The molecule has 2 N–H and O–H groups in total. The summed E-state index contributed by atoms with van der Waals surface area (Å²) in [6.45, 7) is 0. The Balaban J connectivity index is 2.22. The molecule has 0 bridgehead atoms. The smallest absolute Gasteiger partial charge is 0.123 e. The number of hydrogen-bond acceptors (Lipinski definition) is 2. The fourth-order valence-electron chi connectivity index (χ4n) is 2.02. The summed E-state index contributed by atoms with van der Waals surface area (Å²) in [7, 11) is 0. The Bertz CT molecular complexity index is 723. The number of nitrogens with zero attached hydrogens (tertiary/aromatic N) is 1. The minimum Gasteiger partial charge on any atom is -0.398 e. The third-order valence-corrected chi connectivity index (χ3v) is 2.93. The van der Waals surface area contributed by atoms with Gasteiger partial charge >= 0.3 is 0 Å². The zero-order valence-electron chi connectivity index (χ0n) is 9.60. The van der Waals surface area contributed by atoms with Gasteiger partial charge in [0.25, 0.3) is 0 Å². The zero-order valence-corrected chi connectivity index (χ0v) is 9.60. The van der Waals surface area contributed by atoms with Crippen LogP contribution in [0.2, 0.25) is 0 Å². The van der Waals surface area contributed by atoms with Gasteiger partial charge in [-0.2, -0.15) is 0 Å². The molecule has 0 amide bonds. The van der Waals surface area contributed by atoms with Crippen LogP contribution >= 0.6 is 0 Å². The quantitative estimate of drug-likeness (QED) is 0.657. The van der Waals surface area contributed by atoms with Gasteiger partial charge in [-0.25, -0.2) is 4.39 Å². The minimum absolute atomic E-state index is 0.287. The highest BCUT2D eigenvalue weighted by molar-refractivity contribution is 5.87. The van der Waals surface area contributed by atoms with Gasteiger partial charge in [-0.3, -0.25) is 4.98 Å². The Morgan fingerprint density at radius 2 is 1.89 bits per heavy atom. The first-order chi connectivity index (χ1) is 8.74. The normalized spacial score (nSPS) is 10.7. The molecule has 0 spiro atoms. The molecule has 3 heteroatoms. The Morgan fingerprint density at radius 1 is 1.00 bits per heavy atom. The molecule has 0 saturated carbocycles. The molecule has 0 atom stereocenters. The molecule has 0 unspecified atom stereocenters. The molecular weight excluding hydrogens is 227 g/mol. The van der Waals surface area contributed by atoms with Crippen LogP contribution in [-0.4, -0.2) is 4.98 Å². The first kappa shape index (κ1) is 10.7. The first-order valence-corrected chi connectivity index (χ1v) is 5.64. The second kappa shape index (κ2) is 4.11. The van der Waals surface area contributed by atoms with Crippen LogP contribution in [0.1, 0.15) is 0 Å². The van der Waals surface area contributed by atoms with E-state index >= 15 is 0 Å². The molecule has 0 fully saturated rings. The SMILES string of the molecule is Nc1ccc(F)cc1-c1ccc2ncccc2c1. The standard InChI is InChI=1S/C15H11FN2/c16-12-4-5-14(17)13(9-12)10-3-6-15-11(8-10)2-1-7-18-15/h1-9H,17H2. The lowest BCUT2D eigenvalue weighted by atomic mass is 10.0. The molecule has 18 heavy (non-hydrogen) atoms. The maximum Gasteiger partial charge on any atom is 0.123 e. The van der Waals surface area contributed by atoms with Crippen molar-refractivity contribution in [3.8, 4) is 11.1 Å². The van der Waals surface area contributed by atoms with Crippen molar-refractivity contribution < 1.29 is 4.39 Å². The minimum atomic E-state index is -0.287. The van der Waals surface area contributed by atoms with Gasteiger partial charge < -0.3 is 5.73 Å². The second-order valence-corrected chi connectivity index (χ2v) is 4.14. The number of nitrogen functional groups attached to an aromatic ring is 1. The van der Waals surface area contributed by atoms with Crippen LogP contribution in [0.5, 0.6) is 0 Å². The molecule has 0 aliphatic carbocycles. The Kier molecular flexibility index (Phi) is 2.45. The number of anilines is 1. The molecule has 0 saturated heterocycles. The van der Waals surface area contributed by atoms with Gasteiger partial charge in [-0.15, -0.1) is 0 Å². The van der Waals surface area contributed by atoms with E-state index in [0.29, 0.717) is 11.3 Å². The predicted octanol–water partition coefficient (Wildman–Crippen LogP) is 3.62. The van der Waals surface area contributed by atoms with Crippen molar-refractivity contribution in [3.05, 3.63) is 60.5 Å². The van der Waals surface area contributed by atoms with E-state index in [-0.39, 0.29) is 5.82 Å². The van der Waals surface area contributed by atoms with Gasteiger partial charge in [0, 0.05) is 22.8 Å². The Labute approximate surface area is 104 Å². The maximum absolute atomic E-state index is 13.3. The number of fused-ring (bicyclic) bond motifs is 1. The number of rotatable bonds is 1. The highest BCUT2D eigenvalue weighted by atomic mass is 19.1. The van der Waals surface area contributed by atoms with E-state index in [1.807, 2.05) is 30.3 Å². The van der Waals surface area contributed by atoms with Crippen molar-refractivity contribution in [1.29, 1.82) is 0 Å². The van der Waals surface area contributed by atoms with Gasteiger partial charge in [-0.1, -0.05) is 12.1 Å². The van der Waals surface area contributed by atoms with E-state index < -0.39 is 0 Å². The van der Waals surface area contributed by atoms with Crippen LogP contribution in [0.25, 0.3) is 22.0 Å². The number of halogens is 1. The summed E-state index contributed by atoms with van der Waals surface area (Å²) in [4.78, 5) is 4.25. The molecule has 2 aromatic carbocycles. The summed E-state index contributed by atoms with van der Waals surface area (Å²) in [5.41, 5.74) is 8.97. The zero-order chi connectivity index (χ0) is 12.5. The van der Waals surface area contributed by atoms with Crippen LogP contribution in [-0.2, 0) is 0 Å². The van der Waals surface area contributed by atoms with Crippen molar-refractivity contribution in [2.75, 3.05) is 5.73 Å². The summed E-state index contributed by atoms with van der Waals surface area (Å²) in [5, 5.41) is 1.01. The van der Waals surface area contributed by atoms with Gasteiger partial charge in [0.15, 0.2) is 0 Å². The Hall–Kier alpha value is -2.42. The van der Waals surface area contributed by atoms with Crippen molar-refractivity contribution in [1.82, 2.24) is 4.98 Å². The van der Waals surface area contributed by atoms with Crippen LogP contribution in [0, 0.1) is 5.82 Å². The van der Waals surface area contributed by atoms with E-state index in [9.17, 15) is 4.39 Å². The molecule has 3 aromatic rings. The third kappa shape index (κ3) is 1.80. The number of benzene rings is 2. The Morgan fingerprint density at radius 3 is 2.78 bits per heavy atom. The molecule has 2 nitrogen and oxygen atoms in total. The molecule has 0 aliphatic heterocycles. The number of pyridine rings is 1. The van der Waals surface area contributed by atoms with E-state index in [2.05, 4.69) is 4.98 Å². The summed E-state index contributed by atoms with van der Waals surface area (Å²) in [5.74, 6) is -0.287. The van der Waals surface area contributed by atoms with E-state index in [4.69, 9.17) is 5.73 Å². The number of aromatic nitrogens is 1. The molecule has 0 radical (unpaired) electrons.